The maximum Gasteiger partial charge on any atom is 0.262 e. The van der Waals surface area contributed by atoms with Crippen LogP contribution in [0.15, 0.2) is 29.2 Å². The van der Waals surface area contributed by atoms with Gasteiger partial charge in [-0.05, 0) is 24.3 Å². The fourth-order valence-electron chi connectivity index (χ4n) is 1.50. The molecule has 10 heteroatoms. The van der Waals surface area contributed by atoms with Crippen LogP contribution in [0.3, 0.4) is 0 Å². The molecule has 0 amide bonds. The minimum Gasteiger partial charge on any atom is -0.274 e. The van der Waals surface area contributed by atoms with Crippen LogP contribution in [0.2, 0.25) is 5.02 Å². The van der Waals surface area contributed by atoms with E-state index in [0.29, 0.717) is 0 Å². The Morgan fingerprint density at radius 1 is 0.773 bits per heavy atom. The quantitative estimate of drug-likeness (QED) is 0.515. The summed E-state index contributed by atoms with van der Waals surface area (Å²) in [5, 5.41) is 0.190. The Labute approximate surface area is 126 Å². The van der Waals surface area contributed by atoms with E-state index in [0.717, 1.165) is 12.1 Å². The Morgan fingerprint density at radius 3 is 1.64 bits per heavy atom. The lowest BCUT2D eigenvalue weighted by Crippen LogP contribution is -2.17. The van der Waals surface area contributed by atoms with Crippen molar-refractivity contribution in [3.8, 4) is 0 Å². The second kappa shape index (κ2) is 5.73. The van der Waals surface area contributed by atoms with E-state index in [2.05, 4.69) is 0 Å². The Kier molecular flexibility index (Phi) is 4.30. The molecular weight excluding hydrogens is 353 g/mol. The number of rotatable bonds is 3. The minimum absolute atomic E-state index is 0.190. The smallest absolute Gasteiger partial charge is 0.262 e. The Balaban J connectivity index is 2.53. The number of nitrogens with one attached hydrogen (secondary N) is 1. The van der Waals surface area contributed by atoms with E-state index in [1.807, 2.05) is 0 Å². The van der Waals surface area contributed by atoms with Crippen molar-refractivity contribution in [2.24, 2.45) is 0 Å². The number of hydrogen-bond donors (Lipinski definition) is 1. The Hall–Kier alpha value is -1.87. The molecule has 0 atom stereocenters. The van der Waals surface area contributed by atoms with E-state index < -0.39 is 49.7 Å². The summed E-state index contributed by atoms with van der Waals surface area (Å²) in [6.07, 6.45) is 0. The third kappa shape index (κ3) is 2.86. The van der Waals surface area contributed by atoms with Gasteiger partial charge in [-0.2, -0.15) is 0 Å². The maximum absolute atomic E-state index is 13.4. The molecule has 0 radical (unpaired) electrons. The van der Waals surface area contributed by atoms with Crippen molar-refractivity contribution < 1.29 is 30.4 Å². The van der Waals surface area contributed by atoms with Crippen molar-refractivity contribution in [1.82, 2.24) is 0 Å². The van der Waals surface area contributed by atoms with Crippen molar-refractivity contribution >= 4 is 27.3 Å². The summed E-state index contributed by atoms with van der Waals surface area (Å²) in [7, 11) is -4.57. The largest absolute Gasteiger partial charge is 0.274 e. The summed E-state index contributed by atoms with van der Waals surface area (Å²) in [5.41, 5.74) is -1.66. The molecule has 0 saturated heterocycles. The maximum atomic E-state index is 13.4. The molecule has 0 unspecified atom stereocenters. The molecule has 2 aromatic carbocycles. The van der Waals surface area contributed by atoms with Crippen LogP contribution >= 0.6 is 11.6 Å². The van der Waals surface area contributed by atoms with Crippen molar-refractivity contribution in [3.63, 3.8) is 0 Å². The van der Waals surface area contributed by atoms with E-state index in [9.17, 15) is 30.4 Å². The van der Waals surface area contributed by atoms with Gasteiger partial charge in [-0.3, -0.25) is 4.72 Å². The van der Waals surface area contributed by atoms with Crippen LogP contribution in [0, 0.1) is 29.1 Å². The molecule has 2 aromatic rings. The first kappa shape index (κ1) is 16.5. The number of sulfonamides is 1. The SMILES string of the molecule is O=S(=O)(Nc1c(F)c(F)c(F)c(F)c1F)c1ccc(Cl)cc1. The van der Waals surface area contributed by atoms with Gasteiger partial charge in [-0.1, -0.05) is 11.6 Å². The molecule has 2 rings (SSSR count). The molecule has 0 aliphatic rings. The third-order valence-corrected chi connectivity index (χ3v) is 4.19. The van der Waals surface area contributed by atoms with Gasteiger partial charge in [-0.15, -0.1) is 0 Å². The fraction of sp³-hybridized carbons (Fsp3) is 0. The van der Waals surface area contributed by atoms with Gasteiger partial charge in [0.2, 0.25) is 5.82 Å². The highest BCUT2D eigenvalue weighted by atomic mass is 35.5. The molecule has 0 saturated carbocycles. The zero-order valence-electron chi connectivity index (χ0n) is 10.3. The van der Waals surface area contributed by atoms with Crippen LogP contribution in [0.1, 0.15) is 0 Å². The standard InChI is InChI=1S/C12H5ClF5NO2S/c13-5-1-3-6(4-2-5)22(20,21)19-12-10(17)8(15)7(14)9(16)11(12)18/h1-4,19H. The zero-order chi connectivity index (χ0) is 16.7. The van der Waals surface area contributed by atoms with Gasteiger partial charge in [0, 0.05) is 5.02 Å². The monoisotopic (exact) mass is 357 g/mol. The molecule has 0 aliphatic heterocycles. The third-order valence-electron chi connectivity index (χ3n) is 2.57. The topological polar surface area (TPSA) is 46.2 Å². The predicted octanol–water partition coefficient (Wildman–Crippen LogP) is 3.84. The second-order valence-corrected chi connectivity index (χ2v) is 6.12. The van der Waals surface area contributed by atoms with E-state index >= 15 is 0 Å². The number of hydrogen-bond acceptors (Lipinski definition) is 2. The van der Waals surface area contributed by atoms with Gasteiger partial charge >= 0.3 is 0 Å². The van der Waals surface area contributed by atoms with E-state index in [4.69, 9.17) is 11.6 Å². The van der Waals surface area contributed by atoms with Gasteiger partial charge in [0.05, 0.1) is 4.90 Å². The van der Waals surface area contributed by atoms with Crippen molar-refractivity contribution in [2.75, 3.05) is 4.72 Å². The van der Waals surface area contributed by atoms with Crippen LogP contribution in [-0.2, 0) is 10.0 Å². The molecule has 0 spiro atoms. The summed E-state index contributed by atoms with van der Waals surface area (Å²) in [6, 6.07) is 4.34. The van der Waals surface area contributed by atoms with Crippen LogP contribution in [-0.4, -0.2) is 8.42 Å². The molecule has 118 valence electrons. The molecule has 22 heavy (non-hydrogen) atoms. The molecule has 0 fully saturated rings. The molecule has 0 bridgehead atoms. The highest BCUT2D eigenvalue weighted by molar-refractivity contribution is 7.92. The first-order chi connectivity index (χ1) is 10.1. The summed E-state index contributed by atoms with van der Waals surface area (Å²) < 4.78 is 90.9. The molecule has 3 nitrogen and oxygen atoms in total. The summed E-state index contributed by atoms with van der Waals surface area (Å²) >= 11 is 5.56. The molecule has 0 heterocycles. The van der Waals surface area contributed by atoms with Gasteiger partial charge in [-0.25, -0.2) is 30.4 Å². The normalized spacial score (nSPS) is 11.5. The molecule has 1 N–H and O–H groups in total. The van der Waals surface area contributed by atoms with Crippen LogP contribution in [0.4, 0.5) is 27.6 Å². The summed E-state index contributed by atoms with van der Waals surface area (Å²) in [6.45, 7) is 0. The predicted molar refractivity (Wildman–Crippen MR) is 68.5 cm³/mol. The molecule has 0 aliphatic carbocycles. The van der Waals surface area contributed by atoms with Crippen LogP contribution < -0.4 is 4.72 Å². The molecular formula is C12H5ClF5NO2S. The number of benzene rings is 2. The summed E-state index contributed by atoms with van der Waals surface area (Å²) in [5.74, 6) is -11.5. The van der Waals surface area contributed by atoms with Gasteiger partial charge in [0.15, 0.2) is 23.3 Å². The summed E-state index contributed by atoms with van der Waals surface area (Å²) in [4.78, 5) is -0.471. The van der Waals surface area contributed by atoms with Gasteiger partial charge in [0.25, 0.3) is 10.0 Å². The lowest BCUT2D eigenvalue weighted by molar-refractivity contribution is 0.382. The lowest BCUT2D eigenvalue weighted by Gasteiger charge is -2.11. The molecule has 0 aromatic heterocycles. The van der Waals surface area contributed by atoms with Crippen LogP contribution in [0.25, 0.3) is 0 Å². The first-order valence-corrected chi connectivity index (χ1v) is 7.31. The average molecular weight is 358 g/mol. The van der Waals surface area contributed by atoms with E-state index in [1.165, 1.54) is 16.9 Å². The highest BCUT2D eigenvalue weighted by Crippen LogP contribution is 2.29. The second-order valence-electron chi connectivity index (χ2n) is 4.00. The zero-order valence-corrected chi connectivity index (χ0v) is 11.9. The van der Waals surface area contributed by atoms with E-state index in [-0.39, 0.29) is 5.02 Å². The lowest BCUT2D eigenvalue weighted by atomic mass is 10.2. The van der Waals surface area contributed by atoms with Crippen LogP contribution in [0.5, 0.6) is 0 Å². The van der Waals surface area contributed by atoms with E-state index in [1.54, 1.807) is 0 Å². The van der Waals surface area contributed by atoms with Crippen molar-refractivity contribution in [1.29, 1.82) is 0 Å². The fourth-order valence-corrected chi connectivity index (χ4v) is 2.69. The average Bonchev–Trinajstić information content (AvgIpc) is 2.48. The number of anilines is 1. The first-order valence-electron chi connectivity index (χ1n) is 5.45. The van der Waals surface area contributed by atoms with Gasteiger partial charge < -0.3 is 0 Å². The Morgan fingerprint density at radius 2 is 1.18 bits per heavy atom. The van der Waals surface area contributed by atoms with Gasteiger partial charge in [0.1, 0.15) is 5.69 Å². The number of halogens is 6. The van der Waals surface area contributed by atoms with Crippen molar-refractivity contribution in [2.45, 2.75) is 4.90 Å². The Bertz CT molecular complexity index is 811. The van der Waals surface area contributed by atoms with Crippen molar-refractivity contribution in [3.05, 3.63) is 58.4 Å². The minimum atomic E-state index is -4.57. The highest BCUT2D eigenvalue weighted by Gasteiger charge is 2.28.